The summed E-state index contributed by atoms with van der Waals surface area (Å²) in [5, 5.41) is 4.45. The van der Waals surface area contributed by atoms with E-state index in [4.69, 9.17) is 10.5 Å². The molecule has 1 aromatic heterocycles. The number of nitrogens with two attached hydrogens (primary N) is 1. The quantitative estimate of drug-likeness (QED) is 0.816. The van der Waals surface area contributed by atoms with Crippen molar-refractivity contribution in [2.75, 3.05) is 7.11 Å². The van der Waals surface area contributed by atoms with Crippen LogP contribution >= 0.6 is 0 Å². The molecule has 4 nitrogen and oxygen atoms in total. The van der Waals surface area contributed by atoms with E-state index in [-0.39, 0.29) is 12.1 Å². The molecule has 0 radical (unpaired) electrons. The summed E-state index contributed by atoms with van der Waals surface area (Å²) in [6.45, 7) is 5.03. The maximum atomic E-state index is 6.27. The highest BCUT2D eigenvalue weighted by atomic mass is 16.5. The smallest absolute Gasteiger partial charge is 0.0754 e. The van der Waals surface area contributed by atoms with Crippen LogP contribution in [0.1, 0.15) is 31.2 Å². The Kier molecular flexibility index (Phi) is 3.84. The Morgan fingerprint density at radius 3 is 2.82 bits per heavy atom. The van der Waals surface area contributed by atoms with Gasteiger partial charge in [0.2, 0.25) is 0 Å². The molecule has 4 heteroatoms. The van der Waals surface area contributed by atoms with E-state index in [2.05, 4.69) is 18.1 Å². The lowest BCUT2D eigenvalue weighted by atomic mass is 10.0. The Morgan fingerprint density at radius 1 is 1.59 bits per heavy atom. The first-order valence-electron chi connectivity index (χ1n) is 6.47. The van der Waals surface area contributed by atoms with E-state index in [1.807, 2.05) is 11.6 Å². The predicted molar refractivity (Wildman–Crippen MR) is 67.8 cm³/mol. The molecule has 96 valence electrons. The van der Waals surface area contributed by atoms with E-state index >= 15 is 0 Å². The van der Waals surface area contributed by atoms with Crippen molar-refractivity contribution in [3.8, 4) is 0 Å². The van der Waals surface area contributed by atoms with E-state index in [0.717, 1.165) is 18.7 Å². The summed E-state index contributed by atoms with van der Waals surface area (Å²) in [5.41, 5.74) is 8.55. The molecule has 2 rings (SSSR count). The average molecular weight is 237 g/mol. The van der Waals surface area contributed by atoms with Gasteiger partial charge in [-0.1, -0.05) is 0 Å². The summed E-state index contributed by atoms with van der Waals surface area (Å²) in [6.07, 6.45) is 3.58. The van der Waals surface area contributed by atoms with Crippen LogP contribution in [0.15, 0.2) is 6.07 Å². The zero-order valence-corrected chi connectivity index (χ0v) is 11.0. The van der Waals surface area contributed by atoms with E-state index in [1.54, 1.807) is 7.11 Å². The van der Waals surface area contributed by atoms with Crippen molar-refractivity contribution in [2.45, 2.75) is 51.8 Å². The van der Waals surface area contributed by atoms with E-state index in [0.29, 0.717) is 5.92 Å². The van der Waals surface area contributed by atoms with Crippen LogP contribution in [0.4, 0.5) is 0 Å². The van der Waals surface area contributed by atoms with Gasteiger partial charge in [-0.05, 0) is 38.7 Å². The Bertz CT molecular complexity index is 371. The number of methoxy groups -OCH3 is 1. The molecule has 2 atom stereocenters. The van der Waals surface area contributed by atoms with Crippen molar-refractivity contribution in [3.05, 3.63) is 17.5 Å². The van der Waals surface area contributed by atoms with Crippen molar-refractivity contribution < 1.29 is 4.74 Å². The molecule has 1 fully saturated rings. The van der Waals surface area contributed by atoms with E-state index in [1.165, 1.54) is 18.5 Å². The number of aromatic nitrogens is 2. The number of hydrogen-bond donors (Lipinski definition) is 1. The van der Waals surface area contributed by atoms with Gasteiger partial charge >= 0.3 is 0 Å². The number of nitrogens with zero attached hydrogens (tertiary/aromatic N) is 2. The van der Waals surface area contributed by atoms with Gasteiger partial charge < -0.3 is 10.5 Å². The lowest BCUT2D eigenvalue weighted by molar-refractivity contribution is 0.0621. The highest BCUT2D eigenvalue weighted by Crippen LogP contribution is 2.35. The first-order chi connectivity index (χ1) is 8.15. The molecule has 1 aliphatic carbocycles. The fourth-order valence-corrected chi connectivity index (χ4v) is 2.54. The number of hydrogen-bond acceptors (Lipinski definition) is 3. The maximum absolute atomic E-state index is 6.27. The van der Waals surface area contributed by atoms with Gasteiger partial charge in [-0.2, -0.15) is 5.10 Å². The summed E-state index contributed by atoms with van der Waals surface area (Å²) < 4.78 is 7.57. The predicted octanol–water partition coefficient (Wildman–Crippen LogP) is 1.51. The Balaban J connectivity index is 2.03. The van der Waals surface area contributed by atoms with Crippen molar-refractivity contribution in [1.82, 2.24) is 9.78 Å². The number of ether oxygens (including phenoxy) is 1. The molecule has 1 saturated carbocycles. The maximum Gasteiger partial charge on any atom is 0.0754 e. The first-order valence-corrected chi connectivity index (χ1v) is 6.47. The summed E-state index contributed by atoms with van der Waals surface area (Å²) in [6, 6.07) is 2.21. The molecule has 1 aliphatic rings. The fraction of sp³-hybridized carbons (Fsp3) is 0.769. The monoisotopic (exact) mass is 237 g/mol. The lowest BCUT2D eigenvalue weighted by Crippen LogP contribution is -2.40. The lowest BCUT2D eigenvalue weighted by Gasteiger charge is -2.22. The molecule has 17 heavy (non-hydrogen) atoms. The molecule has 0 saturated heterocycles. The Morgan fingerprint density at radius 2 is 2.29 bits per heavy atom. The second-order valence-electron chi connectivity index (χ2n) is 5.00. The van der Waals surface area contributed by atoms with Gasteiger partial charge in [0.15, 0.2) is 0 Å². The zero-order valence-electron chi connectivity index (χ0n) is 11.0. The van der Waals surface area contributed by atoms with Crippen molar-refractivity contribution in [3.63, 3.8) is 0 Å². The molecule has 2 unspecified atom stereocenters. The summed E-state index contributed by atoms with van der Waals surface area (Å²) in [4.78, 5) is 0. The van der Waals surface area contributed by atoms with Gasteiger partial charge in [-0.3, -0.25) is 4.68 Å². The highest BCUT2D eigenvalue weighted by Gasteiger charge is 2.35. The van der Waals surface area contributed by atoms with Gasteiger partial charge in [0.1, 0.15) is 0 Å². The molecule has 1 heterocycles. The van der Waals surface area contributed by atoms with E-state index < -0.39 is 0 Å². The molecule has 1 aromatic rings. The van der Waals surface area contributed by atoms with Crippen LogP contribution in [0.25, 0.3) is 0 Å². The molecular formula is C13H23N3O. The van der Waals surface area contributed by atoms with Gasteiger partial charge in [-0.15, -0.1) is 0 Å². The molecule has 0 aliphatic heterocycles. The topological polar surface area (TPSA) is 53.1 Å². The van der Waals surface area contributed by atoms with Gasteiger partial charge in [-0.25, -0.2) is 0 Å². The molecule has 0 spiro atoms. The van der Waals surface area contributed by atoms with Crippen LogP contribution in [-0.2, 0) is 17.7 Å². The van der Waals surface area contributed by atoms with Crippen LogP contribution in [0, 0.1) is 12.8 Å². The third-order valence-electron chi connectivity index (χ3n) is 3.51. The summed E-state index contributed by atoms with van der Waals surface area (Å²) in [5.74, 6) is 0.675. The molecule has 2 N–H and O–H groups in total. The molecule has 0 amide bonds. The molecule has 0 bridgehead atoms. The Labute approximate surface area is 103 Å². The van der Waals surface area contributed by atoms with Gasteiger partial charge in [0.05, 0.1) is 11.8 Å². The van der Waals surface area contributed by atoms with Crippen LogP contribution < -0.4 is 5.73 Å². The van der Waals surface area contributed by atoms with Crippen LogP contribution in [0.5, 0.6) is 0 Å². The van der Waals surface area contributed by atoms with E-state index in [9.17, 15) is 0 Å². The first kappa shape index (κ1) is 12.6. The second-order valence-corrected chi connectivity index (χ2v) is 5.00. The Hall–Kier alpha value is -0.870. The number of rotatable bonds is 6. The van der Waals surface area contributed by atoms with Crippen LogP contribution in [0.3, 0.4) is 0 Å². The highest BCUT2D eigenvalue weighted by molar-refractivity contribution is 5.11. The largest absolute Gasteiger partial charge is 0.380 e. The number of aryl methyl sites for hydroxylation is 2. The third-order valence-corrected chi connectivity index (χ3v) is 3.51. The van der Waals surface area contributed by atoms with Gasteiger partial charge in [0, 0.05) is 31.8 Å². The minimum atomic E-state index is 0.0777. The summed E-state index contributed by atoms with van der Waals surface area (Å²) >= 11 is 0. The fourth-order valence-electron chi connectivity index (χ4n) is 2.54. The van der Waals surface area contributed by atoms with Crippen LogP contribution in [0.2, 0.25) is 0 Å². The minimum Gasteiger partial charge on any atom is -0.380 e. The second kappa shape index (κ2) is 5.19. The van der Waals surface area contributed by atoms with Crippen LogP contribution in [-0.4, -0.2) is 29.0 Å². The third kappa shape index (κ3) is 2.87. The van der Waals surface area contributed by atoms with Gasteiger partial charge in [0.25, 0.3) is 0 Å². The average Bonchev–Trinajstić information content (AvgIpc) is 3.04. The van der Waals surface area contributed by atoms with Crippen molar-refractivity contribution in [2.24, 2.45) is 11.7 Å². The SMILES string of the molecule is CCn1nc(C)cc1CC(N)C(OC)C1CC1. The van der Waals surface area contributed by atoms with Crippen molar-refractivity contribution >= 4 is 0 Å². The van der Waals surface area contributed by atoms with Crippen molar-refractivity contribution in [1.29, 1.82) is 0 Å². The molecule has 0 aromatic carbocycles. The molecular weight excluding hydrogens is 214 g/mol. The summed E-state index contributed by atoms with van der Waals surface area (Å²) in [7, 11) is 1.77. The minimum absolute atomic E-state index is 0.0777. The normalized spacial score (nSPS) is 19.3. The standard InChI is InChI=1S/C13H23N3O/c1-4-16-11(7-9(2)15-16)8-12(14)13(17-3)10-5-6-10/h7,10,12-13H,4-6,8,14H2,1-3H3. The zero-order chi connectivity index (χ0) is 12.4.